The van der Waals surface area contributed by atoms with Crippen molar-refractivity contribution in [2.24, 2.45) is 0 Å². The van der Waals surface area contributed by atoms with Gasteiger partial charge in [0.1, 0.15) is 0 Å². The minimum absolute atomic E-state index is 0.166. The molecule has 0 unspecified atom stereocenters. The molecule has 1 aliphatic rings. The molecule has 0 spiro atoms. The summed E-state index contributed by atoms with van der Waals surface area (Å²) in [5, 5.41) is 22.0. The number of carbonyl (C=O) groups excluding carboxylic acids is 1. The zero-order valence-electron chi connectivity index (χ0n) is 18.0. The molecule has 1 aliphatic heterocycles. The van der Waals surface area contributed by atoms with Gasteiger partial charge in [0.2, 0.25) is 0 Å². The van der Waals surface area contributed by atoms with E-state index < -0.39 is 0 Å². The van der Waals surface area contributed by atoms with Crippen molar-refractivity contribution in [1.82, 2.24) is 10.2 Å². The zero-order valence-corrected chi connectivity index (χ0v) is 18.0. The predicted octanol–water partition coefficient (Wildman–Crippen LogP) is 3.76. The number of nitrogens with one attached hydrogen (secondary N) is 1. The molecule has 0 aliphatic carbocycles. The van der Waals surface area contributed by atoms with Crippen molar-refractivity contribution in [2.75, 3.05) is 13.7 Å². The van der Waals surface area contributed by atoms with Gasteiger partial charge in [-0.1, -0.05) is 24.3 Å². The molecule has 0 bridgehead atoms. The number of hydrogen-bond acceptors (Lipinski definition) is 5. The van der Waals surface area contributed by atoms with Crippen LogP contribution in [-0.4, -0.2) is 29.6 Å². The third kappa shape index (κ3) is 4.74. The van der Waals surface area contributed by atoms with Crippen LogP contribution in [-0.2, 0) is 26.1 Å². The molecule has 3 aromatic rings. The maximum absolute atomic E-state index is 12.5. The number of phenols is 1. The number of phenolic OH excluding ortho intramolecular Hbond substituents is 1. The lowest BCUT2D eigenvalue weighted by molar-refractivity contribution is 0.0950. The molecule has 0 saturated heterocycles. The van der Waals surface area contributed by atoms with Gasteiger partial charge in [-0.2, -0.15) is 5.26 Å². The fourth-order valence-electron chi connectivity index (χ4n) is 4.03. The van der Waals surface area contributed by atoms with Gasteiger partial charge in [-0.25, -0.2) is 0 Å². The van der Waals surface area contributed by atoms with Crippen molar-refractivity contribution in [3.63, 3.8) is 0 Å². The monoisotopic (exact) mass is 427 g/mol. The Morgan fingerprint density at radius 1 is 1.12 bits per heavy atom. The number of aromatic hydroxyl groups is 1. The van der Waals surface area contributed by atoms with E-state index in [0.29, 0.717) is 23.4 Å². The molecule has 0 atom stereocenters. The summed E-state index contributed by atoms with van der Waals surface area (Å²) >= 11 is 0. The Morgan fingerprint density at radius 2 is 1.88 bits per heavy atom. The quantitative estimate of drug-likeness (QED) is 0.626. The van der Waals surface area contributed by atoms with E-state index in [-0.39, 0.29) is 11.7 Å². The van der Waals surface area contributed by atoms with Gasteiger partial charge in [0, 0.05) is 31.7 Å². The minimum atomic E-state index is -0.166. The largest absolute Gasteiger partial charge is 0.504 e. The molecule has 0 radical (unpaired) electrons. The Kier molecular flexibility index (Phi) is 6.39. The van der Waals surface area contributed by atoms with E-state index in [1.807, 2.05) is 24.3 Å². The summed E-state index contributed by atoms with van der Waals surface area (Å²) in [6.45, 7) is 2.85. The highest BCUT2D eigenvalue weighted by Crippen LogP contribution is 2.32. The Morgan fingerprint density at radius 3 is 2.59 bits per heavy atom. The van der Waals surface area contributed by atoms with Crippen LogP contribution in [0.3, 0.4) is 0 Å². The van der Waals surface area contributed by atoms with E-state index in [0.717, 1.165) is 42.7 Å². The number of ether oxygens (including phenoxy) is 1. The van der Waals surface area contributed by atoms with Gasteiger partial charge in [-0.15, -0.1) is 0 Å². The van der Waals surface area contributed by atoms with Gasteiger partial charge in [0.15, 0.2) is 11.5 Å². The Labute approximate surface area is 187 Å². The van der Waals surface area contributed by atoms with Gasteiger partial charge in [0.25, 0.3) is 5.91 Å². The summed E-state index contributed by atoms with van der Waals surface area (Å²) in [5.41, 5.74) is 5.61. The lowest BCUT2D eigenvalue weighted by Gasteiger charge is -2.30. The molecule has 2 N–H and O–H groups in total. The van der Waals surface area contributed by atoms with Crippen molar-refractivity contribution in [3.05, 3.63) is 94.0 Å². The van der Waals surface area contributed by atoms with Crippen molar-refractivity contribution in [2.45, 2.75) is 26.1 Å². The van der Waals surface area contributed by atoms with Crippen LogP contribution in [0.1, 0.15) is 38.2 Å². The smallest absolute Gasteiger partial charge is 0.251 e. The number of fused-ring (bicyclic) bond motifs is 1. The van der Waals surface area contributed by atoms with E-state index in [9.17, 15) is 9.90 Å². The van der Waals surface area contributed by atoms with E-state index in [1.165, 1.54) is 5.56 Å². The molecule has 3 aromatic carbocycles. The molecule has 1 amide bonds. The summed E-state index contributed by atoms with van der Waals surface area (Å²) in [5.74, 6) is 0.514. The van der Waals surface area contributed by atoms with E-state index in [4.69, 9.17) is 10.00 Å². The molecule has 0 saturated carbocycles. The number of hydrogen-bond donors (Lipinski definition) is 2. The number of methoxy groups -OCH3 is 1. The number of nitriles is 1. The fourth-order valence-corrected chi connectivity index (χ4v) is 4.03. The predicted molar refractivity (Wildman–Crippen MR) is 121 cm³/mol. The highest BCUT2D eigenvalue weighted by Gasteiger charge is 2.20. The lowest BCUT2D eigenvalue weighted by Crippen LogP contribution is -2.31. The number of carbonyl (C=O) groups is 1. The molecule has 0 aromatic heterocycles. The third-order valence-corrected chi connectivity index (χ3v) is 5.82. The first-order valence-electron chi connectivity index (χ1n) is 10.5. The topological polar surface area (TPSA) is 85.6 Å². The first-order chi connectivity index (χ1) is 15.6. The fraction of sp³-hybridized carbons (Fsp3) is 0.231. The molecule has 6 nitrogen and oxygen atoms in total. The summed E-state index contributed by atoms with van der Waals surface area (Å²) in [7, 11) is 1.56. The highest BCUT2D eigenvalue weighted by molar-refractivity contribution is 5.94. The van der Waals surface area contributed by atoms with Crippen molar-refractivity contribution in [1.29, 1.82) is 5.26 Å². The molecule has 1 heterocycles. The van der Waals surface area contributed by atoms with Crippen molar-refractivity contribution >= 4 is 5.91 Å². The van der Waals surface area contributed by atoms with Crippen LogP contribution in [0.4, 0.5) is 0 Å². The number of nitrogens with zero attached hydrogens (tertiary/aromatic N) is 2. The normalized spacial score (nSPS) is 13.1. The number of rotatable bonds is 6. The second kappa shape index (κ2) is 9.54. The van der Waals surface area contributed by atoms with Crippen LogP contribution in [0.5, 0.6) is 11.5 Å². The lowest BCUT2D eigenvalue weighted by atomic mass is 9.97. The average molecular weight is 428 g/mol. The number of benzene rings is 3. The van der Waals surface area contributed by atoms with E-state index in [1.54, 1.807) is 37.4 Å². The second-order valence-electron chi connectivity index (χ2n) is 7.89. The molecular formula is C26H25N3O3. The first kappa shape index (κ1) is 21.4. The molecular weight excluding hydrogens is 402 g/mol. The summed E-state index contributed by atoms with van der Waals surface area (Å²) in [6.07, 6.45) is 0.892. The third-order valence-electron chi connectivity index (χ3n) is 5.82. The van der Waals surface area contributed by atoms with Crippen molar-refractivity contribution < 1.29 is 14.6 Å². The van der Waals surface area contributed by atoms with Crippen LogP contribution < -0.4 is 10.1 Å². The minimum Gasteiger partial charge on any atom is -0.504 e. The van der Waals surface area contributed by atoms with E-state index in [2.05, 4.69) is 22.4 Å². The Hall–Kier alpha value is -3.82. The van der Waals surface area contributed by atoms with Crippen LogP contribution >= 0.6 is 0 Å². The summed E-state index contributed by atoms with van der Waals surface area (Å²) in [4.78, 5) is 14.8. The molecule has 0 fully saturated rings. The second-order valence-corrected chi connectivity index (χ2v) is 7.89. The molecule has 32 heavy (non-hydrogen) atoms. The highest BCUT2D eigenvalue weighted by atomic mass is 16.5. The molecule has 4 rings (SSSR count). The van der Waals surface area contributed by atoms with Crippen molar-refractivity contribution in [3.8, 4) is 17.6 Å². The number of amides is 1. The van der Waals surface area contributed by atoms with Gasteiger partial charge in [0.05, 0.1) is 18.7 Å². The standard InChI is InChI=1S/C26H25N3O3/c1-32-25-13-20-10-11-29(17-23(20)12-24(25)30)16-22-5-3-2-4-21(22)15-28-26(31)19-8-6-18(14-27)7-9-19/h2-9,12-13,30H,10-11,15-17H2,1H3,(H,28,31). The Bertz CT molecular complexity index is 1170. The SMILES string of the molecule is COc1cc2c(cc1O)CN(Cc1ccccc1CNC(=O)c1ccc(C#N)cc1)CC2. The van der Waals surface area contributed by atoms with Gasteiger partial charge < -0.3 is 15.2 Å². The molecule has 6 heteroatoms. The van der Waals surface area contributed by atoms with E-state index >= 15 is 0 Å². The maximum atomic E-state index is 12.5. The van der Waals surface area contributed by atoms with Gasteiger partial charge >= 0.3 is 0 Å². The van der Waals surface area contributed by atoms with Gasteiger partial charge in [-0.05, 0) is 65.1 Å². The average Bonchev–Trinajstić information content (AvgIpc) is 2.83. The zero-order chi connectivity index (χ0) is 22.5. The van der Waals surface area contributed by atoms with Gasteiger partial charge in [-0.3, -0.25) is 9.69 Å². The summed E-state index contributed by atoms with van der Waals surface area (Å²) < 4.78 is 5.23. The molecule has 162 valence electrons. The first-order valence-corrected chi connectivity index (χ1v) is 10.5. The van der Waals surface area contributed by atoms with Crippen LogP contribution in [0.15, 0.2) is 60.7 Å². The van der Waals surface area contributed by atoms with Crippen LogP contribution in [0, 0.1) is 11.3 Å². The van der Waals surface area contributed by atoms with Crippen LogP contribution in [0.2, 0.25) is 0 Å². The Balaban J connectivity index is 1.42. The maximum Gasteiger partial charge on any atom is 0.251 e. The summed E-state index contributed by atoms with van der Waals surface area (Å²) in [6, 6.07) is 20.5. The van der Waals surface area contributed by atoms with Crippen LogP contribution in [0.25, 0.3) is 0 Å².